The topological polar surface area (TPSA) is 42.7 Å². The summed E-state index contributed by atoms with van der Waals surface area (Å²) in [4.78, 5) is 8.48. The van der Waals surface area contributed by atoms with Crippen molar-refractivity contribution in [1.82, 2.24) is 14.5 Å². The maximum absolute atomic E-state index is 13.5. The molecule has 0 unspecified atom stereocenters. The molecule has 18 heavy (non-hydrogen) atoms. The van der Waals surface area contributed by atoms with Gasteiger partial charge in [-0.3, -0.25) is 0 Å². The van der Waals surface area contributed by atoms with Gasteiger partial charge in [-0.1, -0.05) is 0 Å². The number of aromatic nitrogens is 3. The van der Waals surface area contributed by atoms with E-state index < -0.39 is 0 Å². The van der Waals surface area contributed by atoms with Crippen LogP contribution >= 0.6 is 0 Å². The molecule has 0 radical (unpaired) electrons. The Hall–Kier alpha value is -1.91. The molecular weight excluding hydrogens is 231 g/mol. The summed E-state index contributed by atoms with van der Waals surface area (Å²) in [6.45, 7) is 2.80. The maximum Gasteiger partial charge on any atom is 0.165 e. The van der Waals surface area contributed by atoms with Crippen LogP contribution in [0.15, 0.2) is 24.5 Å². The number of nitrogens with zero attached hydrogens (tertiary/aromatic N) is 3. The highest BCUT2D eigenvalue weighted by Crippen LogP contribution is 2.19. The Morgan fingerprint density at radius 1 is 1.50 bits per heavy atom. The summed E-state index contributed by atoms with van der Waals surface area (Å²) in [5.74, 6) is 1.15. The van der Waals surface area contributed by atoms with Crippen molar-refractivity contribution in [1.29, 1.82) is 0 Å². The number of hydrogen-bond acceptors (Lipinski definition) is 3. The van der Waals surface area contributed by atoms with E-state index in [9.17, 15) is 4.39 Å². The van der Waals surface area contributed by atoms with Crippen LogP contribution in [-0.2, 0) is 13.0 Å². The molecule has 1 N–H and O–H groups in total. The first-order valence-electron chi connectivity index (χ1n) is 6.12. The first-order valence-corrected chi connectivity index (χ1v) is 6.12. The molecule has 1 aliphatic rings. The van der Waals surface area contributed by atoms with Gasteiger partial charge >= 0.3 is 0 Å². The first-order chi connectivity index (χ1) is 8.72. The third-order valence-electron chi connectivity index (χ3n) is 3.21. The number of pyridine rings is 1. The molecule has 0 bridgehead atoms. The van der Waals surface area contributed by atoms with Crippen molar-refractivity contribution in [2.24, 2.45) is 0 Å². The molecule has 0 aliphatic carbocycles. The van der Waals surface area contributed by atoms with Crippen molar-refractivity contribution in [3.05, 3.63) is 41.9 Å². The van der Waals surface area contributed by atoms with Crippen LogP contribution in [0.2, 0.25) is 0 Å². The fourth-order valence-corrected chi connectivity index (χ4v) is 2.39. The number of imidazole rings is 1. The van der Waals surface area contributed by atoms with Gasteiger partial charge in [-0.05, 0) is 25.5 Å². The minimum atomic E-state index is -0.301. The van der Waals surface area contributed by atoms with Gasteiger partial charge in [0.1, 0.15) is 5.82 Å². The van der Waals surface area contributed by atoms with Crippen LogP contribution in [0.5, 0.6) is 0 Å². The Morgan fingerprint density at radius 3 is 3.22 bits per heavy atom. The third kappa shape index (κ3) is 2.08. The van der Waals surface area contributed by atoms with Gasteiger partial charge in [0.05, 0.1) is 5.69 Å². The van der Waals surface area contributed by atoms with E-state index in [1.807, 2.05) is 13.1 Å². The normalized spacial score (nSPS) is 18.4. The number of halogens is 1. The molecule has 2 aromatic rings. The summed E-state index contributed by atoms with van der Waals surface area (Å²) in [6.07, 6.45) is 5.51. The van der Waals surface area contributed by atoms with Crippen LogP contribution in [0.3, 0.4) is 0 Å². The molecular formula is C13H15FN4. The van der Waals surface area contributed by atoms with Gasteiger partial charge in [-0.2, -0.15) is 0 Å². The predicted octanol–water partition coefficient (Wildman–Crippen LogP) is 2.15. The SMILES string of the molecule is Cc1cn2c(n1)CC[C@@H](Nc1ncccc1F)C2. The summed E-state index contributed by atoms with van der Waals surface area (Å²) >= 11 is 0. The van der Waals surface area contributed by atoms with Gasteiger partial charge in [0.2, 0.25) is 0 Å². The molecule has 1 aliphatic heterocycles. The van der Waals surface area contributed by atoms with Gasteiger partial charge in [0.15, 0.2) is 11.6 Å². The summed E-state index contributed by atoms with van der Waals surface area (Å²) in [7, 11) is 0. The monoisotopic (exact) mass is 246 g/mol. The van der Waals surface area contributed by atoms with E-state index in [1.54, 1.807) is 12.3 Å². The second-order valence-corrected chi connectivity index (χ2v) is 4.66. The van der Waals surface area contributed by atoms with Crippen molar-refractivity contribution in [3.63, 3.8) is 0 Å². The lowest BCUT2D eigenvalue weighted by molar-refractivity contribution is 0.472. The molecule has 3 rings (SSSR count). The number of hydrogen-bond donors (Lipinski definition) is 1. The fraction of sp³-hybridized carbons (Fsp3) is 0.385. The molecule has 4 nitrogen and oxygen atoms in total. The van der Waals surface area contributed by atoms with Crippen LogP contribution in [0, 0.1) is 12.7 Å². The lowest BCUT2D eigenvalue weighted by Gasteiger charge is -2.25. The number of rotatable bonds is 2. The Morgan fingerprint density at radius 2 is 2.39 bits per heavy atom. The van der Waals surface area contributed by atoms with Crippen molar-refractivity contribution in [2.75, 3.05) is 5.32 Å². The summed E-state index contributed by atoms with van der Waals surface area (Å²) in [5.41, 5.74) is 1.04. The Bertz CT molecular complexity index is 564. The van der Waals surface area contributed by atoms with E-state index in [4.69, 9.17) is 0 Å². The highest BCUT2D eigenvalue weighted by molar-refractivity contribution is 5.36. The predicted molar refractivity (Wildman–Crippen MR) is 66.9 cm³/mol. The van der Waals surface area contributed by atoms with Gasteiger partial charge in [0, 0.05) is 31.4 Å². The lowest BCUT2D eigenvalue weighted by atomic mass is 10.1. The van der Waals surface area contributed by atoms with Gasteiger partial charge in [-0.25, -0.2) is 14.4 Å². The zero-order valence-electron chi connectivity index (χ0n) is 10.2. The average molecular weight is 246 g/mol. The second kappa shape index (κ2) is 4.40. The van der Waals surface area contributed by atoms with E-state index in [-0.39, 0.29) is 11.9 Å². The van der Waals surface area contributed by atoms with E-state index >= 15 is 0 Å². The molecule has 0 aromatic carbocycles. The van der Waals surface area contributed by atoms with E-state index in [0.717, 1.165) is 30.9 Å². The smallest absolute Gasteiger partial charge is 0.165 e. The summed E-state index contributed by atoms with van der Waals surface area (Å²) < 4.78 is 15.6. The molecule has 0 amide bonds. The van der Waals surface area contributed by atoms with E-state index in [2.05, 4.69) is 19.9 Å². The second-order valence-electron chi connectivity index (χ2n) is 4.66. The zero-order chi connectivity index (χ0) is 12.5. The van der Waals surface area contributed by atoms with Crippen LogP contribution in [-0.4, -0.2) is 20.6 Å². The Labute approximate surface area is 105 Å². The Kier molecular flexibility index (Phi) is 2.74. The van der Waals surface area contributed by atoms with Crippen LogP contribution in [0.4, 0.5) is 10.2 Å². The highest BCUT2D eigenvalue weighted by Gasteiger charge is 2.20. The number of anilines is 1. The van der Waals surface area contributed by atoms with Crippen molar-refractivity contribution >= 4 is 5.82 Å². The van der Waals surface area contributed by atoms with E-state index in [0.29, 0.717) is 5.82 Å². The minimum absolute atomic E-state index is 0.204. The largest absolute Gasteiger partial charge is 0.363 e. The Balaban J connectivity index is 1.75. The fourth-order valence-electron chi connectivity index (χ4n) is 2.39. The first kappa shape index (κ1) is 11.2. The number of aryl methyl sites for hydroxylation is 2. The minimum Gasteiger partial charge on any atom is -0.363 e. The number of fused-ring (bicyclic) bond motifs is 1. The van der Waals surface area contributed by atoms with Gasteiger partial charge in [0.25, 0.3) is 0 Å². The molecule has 3 heterocycles. The quantitative estimate of drug-likeness (QED) is 0.883. The summed E-state index contributed by atoms with van der Waals surface area (Å²) in [6, 6.07) is 3.22. The molecule has 0 saturated carbocycles. The van der Waals surface area contributed by atoms with Crippen molar-refractivity contribution in [3.8, 4) is 0 Å². The van der Waals surface area contributed by atoms with Crippen LogP contribution in [0.1, 0.15) is 17.9 Å². The molecule has 5 heteroatoms. The molecule has 0 saturated heterocycles. The van der Waals surface area contributed by atoms with Gasteiger partial charge in [-0.15, -0.1) is 0 Å². The average Bonchev–Trinajstić information content (AvgIpc) is 2.71. The van der Waals surface area contributed by atoms with Crippen molar-refractivity contribution < 1.29 is 4.39 Å². The molecule has 94 valence electrons. The third-order valence-corrected chi connectivity index (χ3v) is 3.21. The molecule has 0 fully saturated rings. The van der Waals surface area contributed by atoms with Crippen LogP contribution in [0.25, 0.3) is 0 Å². The molecule has 0 spiro atoms. The molecule has 1 atom stereocenters. The standard InChI is InChI=1S/C13H15FN4/c1-9-7-18-8-10(4-5-12(18)16-9)17-13-11(14)3-2-6-15-13/h2-3,6-7,10H,4-5,8H2,1H3,(H,15,17)/t10-/m1/s1. The van der Waals surface area contributed by atoms with E-state index in [1.165, 1.54) is 6.07 Å². The number of nitrogens with one attached hydrogen (secondary N) is 1. The van der Waals surface area contributed by atoms with Crippen molar-refractivity contribution in [2.45, 2.75) is 32.4 Å². The lowest BCUT2D eigenvalue weighted by Crippen LogP contribution is -2.31. The van der Waals surface area contributed by atoms with Gasteiger partial charge < -0.3 is 9.88 Å². The highest BCUT2D eigenvalue weighted by atomic mass is 19.1. The summed E-state index contributed by atoms with van der Waals surface area (Å²) in [5, 5.41) is 3.16. The maximum atomic E-state index is 13.5. The molecule has 2 aromatic heterocycles. The zero-order valence-corrected chi connectivity index (χ0v) is 10.2. The van der Waals surface area contributed by atoms with Crippen LogP contribution < -0.4 is 5.32 Å².